The van der Waals surface area contributed by atoms with Crippen LogP contribution in [0.1, 0.15) is 35.1 Å². The summed E-state index contributed by atoms with van der Waals surface area (Å²) in [6.07, 6.45) is 3.77. The van der Waals surface area contributed by atoms with E-state index in [-0.39, 0.29) is 20.1 Å². The third-order valence-electron chi connectivity index (χ3n) is 8.31. The van der Waals surface area contributed by atoms with Gasteiger partial charge in [-0.05, 0) is 57.9 Å². The zero-order chi connectivity index (χ0) is 30.8. The van der Waals surface area contributed by atoms with E-state index in [0.29, 0.717) is 5.92 Å². The number of aromatic nitrogens is 2. The van der Waals surface area contributed by atoms with Gasteiger partial charge in [0.15, 0.2) is 0 Å². The summed E-state index contributed by atoms with van der Waals surface area (Å²) in [5, 5.41) is 4.67. The molecule has 0 aliphatic heterocycles. The average Bonchev–Trinajstić information content (AvgIpc) is 3.48. The second-order valence-electron chi connectivity index (χ2n) is 11.5. The molecule has 46 heavy (non-hydrogen) atoms. The van der Waals surface area contributed by atoms with E-state index >= 15 is 0 Å². The van der Waals surface area contributed by atoms with Crippen LogP contribution in [0.15, 0.2) is 138 Å². The average molecular weight is 773 g/mol. The Labute approximate surface area is 283 Å². The molecule has 0 N–H and O–H groups in total. The summed E-state index contributed by atoms with van der Waals surface area (Å²) in [7, 11) is 0. The van der Waals surface area contributed by atoms with Gasteiger partial charge in [-0.1, -0.05) is 98.1 Å². The first-order valence-corrected chi connectivity index (χ1v) is 15.2. The largest absolute Gasteiger partial charge is 0.500 e. The molecule has 0 spiro atoms. The maximum atomic E-state index is 6.12. The topological polar surface area (TPSA) is 38.9 Å². The van der Waals surface area contributed by atoms with Crippen LogP contribution in [0.4, 0.5) is 0 Å². The van der Waals surface area contributed by atoms with Crippen molar-refractivity contribution >= 4 is 32.7 Å². The van der Waals surface area contributed by atoms with E-state index < -0.39 is 0 Å². The van der Waals surface area contributed by atoms with E-state index in [9.17, 15) is 0 Å². The summed E-state index contributed by atoms with van der Waals surface area (Å²) >= 11 is 0. The van der Waals surface area contributed by atoms with Gasteiger partial charge in [0.2, 0.25) is 0 Å². The van der Waals surface area contributed by atoms with Gasteiger partial charge in [0.25, 0.3) is 0 Å². The standard InChI is InChI=1S/C29H20NO.C13H12N.Ir/c1-19(20-7-3-2-4-8-20)22-15-16-30-26(18-22)23-12-13-27-25(17-23)29-24-10-6-5-9-21(24)11-14-28(29)31-27;1-10-3-6-12(7-4-10)13-8-5-11(2)9-14-13;/h2-11,13-19H,1H3;3-6,8-9H,1-2H3;/q2*-1;. The van der Waals surface area contributed by atoms with Crippen molar-refractivity contribution in [2.75, 3.05) is 0 Å². The molecule has 227 valence electrons. The van der Waals surface area contributed by atoms with Crippen molar-refractivity contribution in [1.82, 2.24) is 9.97 Å². The van der Waals surface area contributed by atoms with Crippen molar-refractivity contribution in [2.24, 2.45) is 0 Å². The van der Waals surface area contributed by atoms with Crippen LogP contribution in [-0.4, -0.2) is 9.97 Å². The number of benzene rings is 5. The molecule has 1 atom stereocenters. The predicted octanol–water partition coefficient (Wildman–Crippen LogP) is 10.9. The molecule has 0 saturated carbocycles. The van der Waals surface area contributed by atoms with Gasteiger partial charge in [-0.15, -0.1) is 59.2 Å². The SMILES string of the molecule is CC(c1ccccc1)c1ccnc(-c2[c-]cc3oc4ccc5ccccc5c4c3c2)c1.Cc1c[c-]c(-c2ccc(C)cn2)cc1.[Ir]. The third-order valence-corrected chi connectivity index (χ3v) is 8.31. The summed E-state index contributed by atoms with van der Waals surface area (Å²) < 4.78 is 6.12. The van der Waals surface area contributed by atoms with Gasteiger partial charge < -0.3 is 14.4 Å². The van der Waals surface area contributed by atoms with Crippen LogP contribution in [0.2, 0.25) is 0 Å². The Morgan fingerprint density at radius 2 is 1.39 bits per heavy atom. The fourth-order valence-electron chi connectivity index (χ4n) is 5.73. The molecule has 3 heterocycles. The maximum absolute atomic E-state index is 6.12. The number of pyridine rings is 2. The van der Waals surface area contributed by atoms with Gasteiger partial charge >= 0.3 is 0 Å². The van der Waals surface area contributed by atoms with E-state index in [1.54, 1.807) is 0 Å². The number of nitrogens with zero attached hydrogens (tertiary/aromatic N) is 2. The number of aryl methyl sites for hydroxylation is 2. The molecule has 0 bridgehead atoms. The molecule has 3 nitrogen and oxygen atoms in total. The van der Waals surface area contributed by atoms with Gasteiger partial charge in [-0.25, -0.2) is 0 Å². The van der Waals surface area contributed by atoms with E-state index in [1.165, 1.54) is 33.0 Å². The zero-order valence-electron chi connectivity index (χ0n) is 25.9. The van der Waals surface area contributed by atoms with Crippen molar-refractivity contribution < 1.29 is 24.5 Å². The third kappa shape index (κ3) is 6.41. The molecule has 1 unspecified atom stereocenters. The van der Waals surface area contributed by atoms with E-state index in [4.69, 9.17) is 4.42 Å². The Bertz CT molecular complexity index is 2190. The van der Waals surface area contributed by atoms with Crippen molar-refractivity contribution in [1.29, 1.82) is 0 Å². The van der Waals surface area contributed by atoms with Gasteiger partial charge in [-0.3, -0.25) is 0 Å². The molecule has 8 aromatic rings. The molecular weight excluding hydrogens is 741 g/mol. The molecule has 0 fully saturated rings. The molecule has 0 saturated heterocycles. The molecule has 1 radical (unpaired) electrons. The van der Waals surface area contributed by atoms with Crippen LogP contribution >= 0.6 is 0 Å². The Morgan fingerprint density at radius 3 is 2.17 bits per heavy atom. The van der Waals surface area contributed by atoms with Crippen LogP contribution in [0, 0.1) is 26.0 Å². The number of furan rings is 1. The van der Waals surface area contributed by atoms with Crippen LogP contribution < -0.4 is 0 Å². The van der Waals surface area contributed by atoms with Crippen molar-refractivity contribution in [3.63, 3.8) is 0 Å². The Morgan fingerprint density at radius 1 is 0.609 bits per heavy atom. The van der Waals surface area contributed by atoms with Gasteiger partial charge in [0.05, 0.1) is 5.58 Å². The second-order valence-corrected chi connectivity index (χ2v) is 11.5. The molecule has 3 aromatic heterocycles. The van der Waals surface area contributed by atoms with Crippen molar-refractivity contribution in [3.8, 4) is 22.5 Å². The normalized spacial score (nSPS) is 11.5. The maximum Gasteiger partial charge on any atom is 0.121 e. The van der Waals surface area contributed by atoms with E-state index in [1.807, 2.05) is 43.6 Å². The molecule has 0 aliphatic rings. The molecule has 0 amide bonds. The number of rotatable bonds is 4. The number of hydrogen-bond donors (Lipinski definition) is 0. The molecular formula is C42H32IrN2O-2. The number of hydrogen-bond acceptors (Lipinski definition) is 3. The Hall–Kier alpha value is -4.89. The summed E-state index contributed by atoms with van der Waals surface area (Å²) in [6, 6.07) is 48.3. The van der Waals surface area contributed by atoms with Crippen LogP contribution in [0.3, 0.4) is 0 Å². The van der Waals surface area contributed by atoms with Crippen molar-refractivity contribution in [3.05, 3.63) is 168 Å². The first kappa shape index (κ1) is 31.1. The van der Waals surface area contributed by atoms with E-state index in [0.717, 1.165) is 44.5 Å². The number of fused-ring (bicyclic) bond motifs is 5. The van der Waals surface area contributed by atoms with E-state index in [2.05, 4.69) is 133 Å². The minimum atomic E-state index is 0. The summed E-state index contributed by atoms with van der Waals surface area (Å²) in [5.74, 6) is 0.297. The summed E-state index contributed by atoms with van der Waals surface area (Å²) in [6.45, 7) is 6.33. The Balaban J connectivity index is 0.000000209. The van der Waals surface area contributed by atoms with Crippen LogP contribution in [0.5, 0.6) is 0 Å². The minimum absolute atomic E-state index is 0. The van der Waals surface area contributed by atoms with Gasteiger partial charge in [0.1, 0.15) is 5.58 Å². The molecule has 4 heteroatoms. The van der Waals surface area contributed by atoms with Gasteiger partial charge in [0, 0.05) is 43.8 Å². The predicted molar refractivity (Wildman–Crippen MR) is 185 cm³/mol. The molecule has 8 rings (SSSR count). The van der Waals surface area contributed by atoms with Crippen LogP contribution in [-0.2, 0) is 20.1 Å². The summed E-state index contributed by atoms with van der Waals surface area (Å²) in [5.41, 5.74) is 10.6. The molecule has 0 aliphatic carbocycles. The molecule has 5 aromatic carbocycles. The van der Waals surface area contributed by atoms with Crippen LogP contribution in [0.25, 0.3) is 55.2 Å². The fraction of sp³-hybridized carbons (Fsp3) is 0.0952. The summed E-state index contributed by atoms with van der Waals surface area (Å²) in [4.78, 5) is 9.00. The second kappa shape index (κ2) is 13.6. The minimum Gasteiger partial charge on any atom is -0.500 e. The van der Waals surface area contributed by atoms with Crippen molar-refractivity contribution in [2.45, 2.75) is 26.7 Å². The monoisotopic (exact) mass is 773 g/mol. The zero-order valence-corrected chi connectivity index (χ0v) is 28.3. The first-order chi connectivity index (χ1) is 22.0. The first-order valence-electron chi connectivity index (χ1n) is 15.2. The fourth-order valence-corrected chi connectivity index (χ4v) is 5.73. The smallest absolute Gasteiger partial charge is 0.121 e. The van der Waals surface area contributed by atoms with Gasteiger partial charge in [-0.2, -0.15) is 0 Å². The Kier molecular flexibility index (Phi) is 9.21. The quantitative estimate of drug-likeness (QED) is 0.167.